The average Bonchev–Trinajstić information content (AvgIpc) is 3.39. The largest absolute Gasteiger partial charge is 0.489 e. The lowest BCUT2D eigenvalue weighted by molar-refractivity contribution is -0.145. The summed E-state index contributed by atoms with van der Waals surface area (Å²) in [5.74, 6) is 0.886. The Balaban J connectivity index is 1.42. The Morgan fingerprint density at radius 3 is 2.02 bits per heavy atom. The monoisotopic (exact) mass is 601 g/mol. The average molecular weight is 602 g/mol. The van der Waals surface area contributed by atoms with E-state index in [1.165, 1.54) is 0 Å². The van der Waals surface area contributed by atoms with Gasteiger partial charge in [-0.2, -0.15) is 13.2 Å². The zero-order chi connectivity index (χ0) is 30.5. The molecule has 0 bridgehead atoms. The second kappa shape index (κ2) is 13.0. The van der Waals surface area contributed by atoms with Gasteiger partial charge in [0.05, 0.1) is 5.69 Å². The zero-order valence-corrected chi connectivity index (χ0v) is 25.4. The highest BCUT2D eigenvalue weighted by molar-refractivity contribution is 6.76. The summed E-state index contributed by atoms with van der Waals surface area (Å²) in [6.07, 6.45) is -3.08. The molecule has 5 rings (SSSR count). The van der Waals surface area contributed by atoms with E-state index >= 15 is 0 Å². The molecule has 0 saturated heterocycles. The Morgan fingerprint density at radius 2 is 1.42 bits per heavy atom. The van der Waals surface area contributed by atoms with Crippen LogP contribution in [0, 0.1) is 0 Å². The smallest absolute Gasteiger partial charge is 0.433 e. The van der Waals surface area contributed by atoms with Crippen molar-refractivity contribution in [2.24, 2.45) is 0 Å². The van der Waals surface area contributed by atoms with E-state index in [0.717, 1.165) is 27.5 Å². The molecule has 5 aromatic rings. The molecule has 0 spiro atoms. The lowest BCUT2D eigenvalue weighted by Crippen LogP contribution is -2.23. The van der Waals surface area contributed by atoms with Crippen molar-refractivity contribution in [2.45, 2.75) is 45.2 Å². The van der Waals surface area contributed by atoms with E-state index in [1.54, 1.807) is 48.7 Å². The molecular weight excluding hydrogens is 567 g/mol. The summed E-state index contributed by atoms with van der Waals surface area (Å²) in [6.45, 7) is 7.19. The van der Waals surface area contributed by atoms with Crippen molar-refractivity contribution in [3.63, 3.8) is 0 Å². The van der Waals surface area contributed by atoms with Gasteiger partial charge in [-0.25, -0.2) is 4.98 Å². The number of aromatic nitrogens is 3. The summed E-state index contributed by atoms with van der Waals surface area (Å²) >= 11 is 0. The highest BCUT2D eigenvalue weighted by atomic mass is 28.3. The molecular formula is C34H34F3N3O2Si. The van der Waals surface area contributed by atoms with Gasteiger partial charge in [0.25, 0.3) is 0 Å². The molecule has 0 fully saturated rings. The number of hydrogen-bond donors (Lipinski definition) is 0. The second-order valence-electron chi connectivity index (χ2n) is 11.5. The first-order valence-corrected chi connectivity index (χ1v) is 17.8. The van der Waals surface area contributed by atoms with Gasteiger partial charge in [-0.3, -0.25) is 9.55 Å². The van der Waals surface area contributed by atoms with Crippen molar-refractivity contribution in [3.8, 4) is 39.7 Å². The molecule has 0 amide bonds. The molecule has 0 radical (unpaired) electrons. The molecule has 0 unspecified atom stereocenters. The normalized spacial score (nSPS) is 12.0. The Hall–Kier alpha value is -4.21. The van der Waals surface area contributed by atoms with Crippen LogP contribution in [0.25, 0.3) is 33.9 Å². The van der Waals surface area contributed by atoms with E-state index in [0.29, 0.717) is 30.0 Å². The first-order chi connectivity index (χ1) is 20.6. The van der Waals surface area contributed by atoms with Crippen molar-refractivity contribution < 1.29 is 22.6 Å². The molecule has 0 aliphatic heterocycles. The Bertz CT molecular complexity index is 1620. The molecule has 9 heteroatoms. The topological polar surface area (TPSA) is 49.2 Å². The van der Waals surface area contributed by atoms with Crippen molar-refractivity contribution >= 4 is 8.07 Å². The molecule has 43 heavy (non-hydrogen) atoms. The number of benzene rings is 3. The number of hydrogen-bond acceptors (Lipinski definition) is 4. The molecule has 0 aliphatic rings. The van der Waals surface area contributed by atoms with Crippen molar-refractivity contribution in [2.75, 3.05) is 6.61 Å². The lowest BCUT2D eigenvalue weighted by atomic mass is 10.1. The summed E-state index contributed by atoms with van der Waals surface area (Å²) in [5.41, 5.74) is 2.50. The highest BCUT2D eigenvalue weighted by Crippen LogP contribution is 2.40. The van der Waals surface area contributed by atoms with Crippen molar-refractivity contribution in [3.05, 3.63) is 115 Å². The van der Waals surface area contributed by atoms with E-state index < -0.39 is 19.9 Å². The van der Waals surface area contributed by atoms with Gasteiger partial charge < -0.3 is 9.47 Å². The van der Waals surface area contributed by atoms with Crippen molar-refractivity contribution in [1.82, 2.24) is 14.5 Å². The Kier molecular flexibility index (Phi) is 9.13. The summed E-state index contributed by atoms with van der Waals surface area (Å²) < 4.78 is 56.5. The van der Waals surface area contributed by atoms with E-state index in [2.05, 4.69) is 29.6 Å². The number of imidazole rings is 1. The molecule has 0 atom stereocenters. The van der Waals surface area contributed by atoms with Gasteiger partial charge in [0.2, 0.25) is 0 Å². The second-order valence-corrected chi connectivity index (χ2v) is 17.1. The van der Waals surface area contributed by atoms with Crippen LogP contribution < -0.4 is 4.74 Å². The van der Waals surface area contributed by atoms with Crippen molar-refractivity contribution in [1.29, 1.82) is 0 Å². The summed E-state index contributed by atoms with van der Waals surface area (Å²) in [5, 5.41) is 0. The predicted octanol–water partition coefficient (Wildman–Crippen LogP) is 9.19. The summed E-state index contributed by atoms with van der Waals surface area (Å²) in [6, 6.07) is 30.3. The lowest BCUT2D eigenvalue weighted by Gasteiger charge is -2.18. The van der Waals surface area contributed by atoms with Gasteiger partial charge in [0.15, 0.2) is 5.69 Å². The molecule has 2 heterocycles. The standard InChI is InChI=1S/C34H34F3N3O2Si/c1-43(2,3)21-20-41-24-40-32(34(35,36)37)31(27-12-8-5-9-13-27)39-33(40)28-16-19-30(38-22-28)26-14-17-29(18-15-26)42-23-25-10-6-4-7-11-25/h4-19,22H,20-21,23-24H2,1-3H3. The minimum atomic E-state index is -4.64. The molecule has 5 nitrogen and oxygen atoms in total. The van der Waals surface area contributed by atoms with Gasteiger partial charge in [-0.15, -0.1) is 0 Å². The minimum absolute atomic E-state index is 0.132. The molecule has 2 aromatic heterocycles. The van der Waals surface area contributed by atoms with Crippen LogP contribution in [0.4, 0.5) is 13.2 Å². The Labute approximate surface area is 251 Å². The van der Waals surface area contributed by atoms with Gasteiger partial charge in [0, 0.05) is 37.6 Å². The zero-order valence-electron chi connectivity index (χ0n) is 24.4. The fourth-order valence-corrected chi connectivity index (χ4v) is 5.33. The van der Waals surface area contributed by atoms with Crippen LogP contribution >= 0.6 is 0 Å². The number of rotatable bonds is 11. The maximum atomic E-state index is 14.6. The van der Waals surface area contributed by atoms with Gasteiger partial charge >= 0.3 is 6.18 Å². The number of nitrogens with zero attached hydrogens (tertiary/aromatic N) is 3. The van der Waals surface area contributed by atoms with Crippen LogP contribution in [-0.4, -0.2) is 29.2 Å². The fraction of sp³-hybridized carbons (Fsp3) is 0.235. The number of pyridine rings is 1. The van der Waals surface area contributed by atoms with Crippen LogP contribution in [0.2, 0.25) is 25.7 Å². The molecule has 0 saturated carbocycles. The van der Waals surface area contributed by atoms with Crippen LogP contribution in [-0.2, 0) is 24.3 Å². The van der Waals surface area contributed by atoms with Gasteiger partial charge in [0.1, 0.15) is 30.6 Å². The van der Waals surface area contributed by atoms with Crippen LogP contribution in [0.5, 0.6) is 5.75 Å². The quantitative estimate of drug-likeness (QED) is 0.112. The van der Waals surface area contributed by atoms with Gasteiger partial charge in [-0.05, 0) is 48.0 Å². The van der Waals surface area contributed by atoms with Gasteiger partial charge in [-0.1, -0.05) is 80.3 Å². The first-order valence-electron chi connectivity index (χ1n) is 14.1. The van der Waals surface area contributed by atoms with E-state index in [9.17, 15) is 13.2 Å². The first kappa shape index (κ1) is 30.3. The minimum Gasteiger partial charge on any atom is -0.489 e. The van der Waals surface area contributed by atoms with E-state index in [4.69, 9.17) is 9.47 Å². The maximum Gasteiger partial charge on any atom is 0.433 e. The summed E-state index contributed by atoms with van der Waals surface area (Å²) in [4.78, 5) is 9.10. The number of halogens is 3. The highest BCUT2D eigenvalue weighted by Gasteiger charge is 2.40. The molecule has 0 N–H and O–H groups in total. The van der Waals surface area contributed by atoms with E-state index in [1.807, 2.05) is 54.6 Å². The van der Waals surface area contributed by atoms with Crippen LogP contribution in [0.3, 0.4) is 0 Å². The van der Waals surface area contributed by atoms with E-state index in [-0.39, 0.29) is 18.2 Å². The third-order valence-corrected chi connectivity index (χ3v) is 8.62. The number of alkyl halides is 3. The summed E-state index contributed by atoms with van der Waals surface area (Å²) in [7, 11) is -1.42. The predicted molar refractivity (Wildman–Crippen MR) is 166 cm³/mol. The van der Waals surface area contributed by atoms with Crippen LogP contribution in [0.15, 0.2) is 103 Å². The molecule has 3 aromatic carbocycles. The van der Waals surface area contributed by atoms with Crippen LogP contribution in [0.1, 0.15) is 11.3 Å². The third kappa shape index (κ3) is 7.80. The maximum absolute atomic E-state index is 14.6. The number of ether oxygens (including phenoxy) is 2. The molecule has 0 aliphatic carbocycles. The molecule has 222 valence electrons. The fourth-order valence-electron chi connectivity index (χ4n) is 4.58. The Morgan fingerprint density at radius 1 is 0.767 bits per heavy atom. The SMILES string of the molecule is C[Si](C)(C)CCOCn1c(-c2ccc(-c3ccc(OCc4ccccc4)cc3)nc2)nc(-c2ccccc2)c1C(F)(F)F. The third-order valence-electron chi connectivity index (χ3n) is 6.92.